The zero-order chi connectivity index (χ0) is 19.9. The molecule has 0 unspecified atom stereocenters. The van der Waals surface area contributed by atoms with Gasteiger partial charge in [-0.3, -0.25) is 4.79 Å². The molecule has 3 rings (SSSR count). The summed E-state index contributed by atoms with van der Waals surface area (Å²) in [5, 5.41) is 5.20. The Morgan fingerprint density at radius 1 is 0.964 bits per heavy atom. The molecule has 28 heavy (non-hydrogen) atoms. The second kappa shape index (κ2) is 9.54. The van der Waals surface area contributed by atoms with E-state index in [1.54, 1.807) is 24.3 Å². The van der Waals surface area contributed by atoms with Crippen LogP contribution < -0.4 is 10.6 Å². The molecule has 0 aliphatic carbocycles. The maximum Gasteiger partial charge on any atom is 0.319 e. The molecular weight excluding hydrogens is 384 g/mol. The van der Waals surface area contributed by atoms with E-state index in [4.69, 9.17) is 0 Å². The molecule has 1 saturated heterocycles. The fraction of sp³-hybridized carbons (Fsp3) is 0.300. The Morgan fingerprint density at radius 2 is 1.61 bits per heavy atom. The van der Waals surface area contributed by atoms with Gasteiger partial charge in [0.15, 0.2) is 0 Å². The van der Waals surface area contributed by atoms with Gasteiger partial charge in [0.25, 0.3) is 0 Å². The van der Waals surface area contributed by atoms with E-state index in [-0.39, 0.29) is 12.5 Å². The lowest BCUT2D eigenvalue weighted by Gasteiger charge is -2.26. The third-order valence-corrected chi connectivity index (χ3v) is 5.25. The molecule has 0 atom stereocenters. The van der Waals surface area contributed by atoms with Crippen molar-refractivity contribution in [1.29, 1.82) is 0 Å². The number of hydrogen-bond donors (Lipinski definition) is 2. The van der Waals surface area contributed by atoms with Crippen LogP contribution in [-0.2, 0) is 17.8 Å². The second-order valence-electron chi connectivity index (χ2n) is 6.45. The molecule has 2 N–H and O–H groups in total. The summed E-state index contributed by atoms with van der Waals surface area (Å²) in [6.45, 7) is 1.58. The monoisotopic (exact) mass is 405 g/mol. The van der Waals surface area contributed by atoms with Crippen molar-refractivity contribution < 1.29 is 18.4 Å². The molecule has 1 aliphatic rings. The van der Waals surface area contributed by atoms with Crippen molar-refractivity contribution in [2.45, 2.75) is 13.0 Å². The van der Waals surface area contributed by atoms with E-state index in [1.807, 2.05) is 16.7 Å². The van der Waals surface area contributed by atoms with Crippen LogP contribution in [0.4, 0.5) is 19.3 Å². The van der Waals surface area contributed by atoms with E-state index in [0.717, 1.165) is 48.4 Å². The summed E-state index contributed by atoms with van der Waals surface area (Å²) < 4.78 is 26.3. The molecule has 1 aliphatic heterocycles. The molecule has 0 saturated carbocycles. The zero-order valence-electron chi connectivity index (χ0n) is 15.2. The first-order valence-electron chi connectivity index (χ1n) is 8.94. The first-order chi connectivity index (χ1) is 13.5. The lowest BCUT2D eigenvalue weighted by molar-refractivity contribution is -0.130. The summed E-state index contributed by atoms with van der Waals surface area (Å²) in [4.78, 5) is 26.1. The minimum absolute atomic E-state index is 0.00121. The van der Waals surface area contributed by atoms with E-state index in [9.17, 15) is 18.4 Å². The predicted octanol–water partition coefficient (Wildman–Crippen LogP) is 3.40. The van der Waals surface area contributed by atoms with E-state index >= 15 is 0 Å². The molecule has 0 bridgehead atoms. The summed E-state index contributed by atoms with van der Waals surface area (Å²) in [6.07, 6.45) is 0.336. The Kier molecular flexibility index (Phi) is 6.86. The van der Waals surface area contributed by atoms with Gasteiger partial charge in [0.1, 0.15) is 11.6 Å². The number of halogens is 2. The van der Waals surface area contributed by atoms with E-state index < -0.39 is 17.7 Å². The molecule has 1 fully saturated rings. The number of hydrogen-bond acceptors (Lipinski definition) is 3. The van der Waals surface area contributed by atoms with Crippen LogP contribution in [0.1, 0.15) is 11.1 Å². The average Bonchev–Trinajstić information content (AvgIpc) is 2.68. The number of thioether (sulfide) groups is 1. The minimum Gasteiger partial charge on any atom is -0.341 e. The second-order valence-corrected chi connectivity index (χ2v) is 7.68. The number of urea groups is 1. The SMILES string of the molecule is O=C(NCc1cc(F)cc(F)c1)Nc1ccc(CC(=O)N2CCSCC2)cc1. The van der Waals surface area contributed by atoms with Gasteiger partial charge in [-0.05, 0) is 35.4 Å². The number of nitrogens with zero attached hydrogens (tertiary/aromatic N) is 1. The number of benzene rings is 2. The highest BCUT2D eigenvalue weighted by Gasteiger charge is 2.16. The number of nitrogens with one attached hydrogen (secondary N) is 2. The maximum absolute atomic E-state index is 13.1. The standard InChI is InChI=1S/C20H21F2N3O2S/c21-16-9-15(10-17(22)12-16)13-23-20(27)24-18-3-1-14(2-4-18)11-19(26)25-5-7-28-8-6-25/h1-4,9-10,12H,5-8,11,13H2,(H2,23,24,27). The Labute approximate surface area is 166 Å². The van der Waals surface area contributed by atoms with Gasteiger partial charge >= 0.3 is 6.03 Å². The van der Waals surface area contributed by atoms with E-state index in [0.29, 0.717) is 17.7 Å². The van der Waals surface area contributed by atoms with Crippen LogP contribution in [-0.4, -0.2) is 41.4 Å². The zero-order valence-corrected chi connectivity index (χ0v) is 16.0. The van der Waals surface area contributed by atoms with Crippen molar-refractivity contribution in [2.24, 2.45) is 0 Å². The number of carbonyl (C=O) groups is 2. The maximum atomic E-state index is 13.1. The molecule has 1 heterocycles. The van der Waals surface area contributed by atoms with Gasteiger partial charge in [-0.25, -0.2) is 13.6 Å². The van der Waals surface area contributed by atoms with Gasteiger partial charge in [-0.2, -0.15) is 11.8 Å². The first-order valence-corrected chi connectivity index (χ1v) is 10.1. The van der Waals surface area contributed by atoms with Crippen molar-refractivity contribution in [3.05, 3.63) is 65.2 Å². The summed E-state index contributed by atoms with van der Waals surface area (Å²) in [6, 6.07) is 9.65. The van der Waals surface area contributed by atoms with Crippen molar-refractivity contribution in [2.75, 3.05) is 29.9 Å². The molecule has 0 aromatic heterocycles. The Morgan fingerprint density at radius 3 is 2.25 bits per heavy atom. The molecule has 5 nitrogen and oxygen atoms in total. The van der Waals surface area contributed by atoms with Crippen molar-refractivity contribution in [3.63, 3.8) is 0 Å². The fourth-order valence-electron chi connectivity index (χ4n) is 2.88. The van der Waals surface area contributed by atoms with Crippen molar-refractivity contribution in [1.82, 2.24) is 10.2 Å². The number of amides is 3. The molecule has 148 valence electrons. The van der Waals surface area contributed by atoms with Gasteiger partial charge in [0.2, 0.25) is 5.91 Å². The van der Waals surface area contributed by atoms with Crippen LogP contribution in [0.2, 0.25) is 0 Å². The smallest absolute Gasteiger partial charge is 0.319 e. The van der Waals surface area contributed by atoms with Gasteiger partial charge < -0.3 is 15.5 Å². The van der Waals surface area contributed by atoms with Gasteiger partial charge in [0, 0.05) is 42.9 Å². The van der Waals surface area contributed by atoms with E-state index in [1.165, 1.54) is 0 Å². The molecule has 8 heteroatoms. The predicted molar refractivity (Wildman–Crippen MR) is 106 cm³/mol. The topological polar surface area (TPSA) is 61.4 Å². The van der Waals surface area contributed by atoms with Crippen LogP contribution in [0.15, 0.2) is 42.5 Å². The molecule has 0 radical (unpaired) electrons. The normalized spacial score (nSPS) is 13.9. The molecule has 2 aromatic carbocycles. The van der Waals surface area contributed by atoms with Crippen LogP contribution in [0.25, 0.3) is 0 Å². The highest BCUT2D eigenvalue weighted by Crippen LogP contribution is 2.14. The van der Waals surface area contributed by atoms with Crippen LogP contribution >= 0.6 is 11.8 Å². The first kappa shape index (κ1) is 20.1. The largest absolute Gasteiger partial charge is 0.341 e. The fourth-order valence-corrected chi connectivity index (χ4v) is 3.78. The van der Waals surface area contributed by atoms with Crippen LogP contribution in [0.5, 0.6) is 0 Å². The average molecular weight is 405 g/mol. The van der Waals surface area contributed by atoms with Gasteiger partial charge in [-0.15, -0.1) is 0 Å². The van der Waals surface area contributed by atoms with Crippen LogP contribution in [0.3, 0.4) is 0 Å². The Balaban J connectivity index is 1.47. The Bertz CT molecular complexity index is 820. The quantitative estimate of drug-likeness (QED) is 0.802. The number of rotatable bonds is 5. The van der Waals surface area contributed by atoms with Crippen molar-refractivity contribution >= 4 is 29.4 Å². The Hall–Kier alpha value is -2.61. The van der Waals surface area contributed by atoms with Crippen LogP contribution in [0, 0.1) is 11.6 Å². The highest BCUT2D eigenvalue weighted by atomic mass is 32.2. The molecule has 2 aromatic rings. The third kappa shape index (κ3) is 5.95. The summed E-state index contributed by atoms with van der Waals surface area (Å²) in [7, 11) is 0. The van der Waals surface area contributed by atoms with Gasteiger partial charge in [0.05, 0.1) is 6.42 Å². The van der Waals surface area contributed by atoms with Crippen molar-refractivity contribution in [3.8, 4) is 0 Å². The molecule has 0 spiro atoms. The lowest BCUT2D eigenvalue weighted by Crippen LogP contribution is -2.38. The summed E-state index contributed by atoms with van der Waals surface area (Å²) in [5.41, 5.74) is 1.77. The summed E-state index contributed by atoms with van der Waals surface area (Å²) in [5.74, 6) is 0.690. The van der Waals surface area contributed by atoms with Gasteiger partial charge in [-0.1, -0.05) is 12.1 Å². The number of carbonyl (C=O) groups excluding carboxylic acids is 2. The number of anilines is 1. The summed E-state index contributed by atoms with van der Waals surface area (Å²) >= 11 is 1.86. The third-order valence-electron chi connectivity index (χ3n) is 4.31. The highest BCUT2D eigenvalue weighted by molar-refractivity contribution is 7.99. The van der Waals surface area contributed by atoms with E-state index in [2.05, 4.69) is 10.6 Å². The molecular formula is C20H21F2N3O2S. The minimum atomic E-state index is -0.689. The lowest BCUT2D eigenvalue weighted by atomic mass is 10.1. The molecule has 3 amide bonds.